The molecule has 1 fully saturated rings. The quantitative estimate of drug-likeness (QED) is 0.316. The van der Waals surface area contributed by atoms with Crippen molar-refractivity contribution < 1.29 is 24.9 Å². The topological polar surface area (TPSA) is 132 Å². The smallest absolute Gasteiger partial charge is 0.342 e. The highest BCUT2D eigenvalue weighted by Gasteiger charge is 2.38. The first-order chi connectivity index (χ1) is 7.47. The normalized spacial score (nSPS) is 34.2. The monoisotopic (exact) mass is 235 g/mol. The second kappa shape index (κ2) is 5.16. The van der Waals surface area contributed by atoms with E-state index in [1.807, 2.05) is 0 Å². The zero-order valence-corrected chi connectivity index (χ0v) is 8.48. The molecule has 9 nitrogen and oxygen atoms in total. The van der Waals surface area contributed by atoms with Crippen molar-refractivity contribution in [3.63, 3.8) is 0 Å². The molecule has 92 valence electrons. The van der Waals surface area contributed by atoms with Crippen LogP contribution in [0.1, 0.15) is 0 Å². The van der Waals surface area contributed by atoms with E-state index in [1.165, 1.54) is 0 Å². The van der Waals surface area contributed by atoms with Crippen LogP contribution < -0.4 is 5.32 Å². The van der Waals surface area contributed by atoms with E-state index in [-0.39, 0.29) is 6.61 Å². The van der Waals surface area contributed by atoms with Crippen LogP contribution in [0.2, 0.25) is 0 Å². The van der Waals surface area contributed by atoms with Gasteiger partial charge in [0.05, 0.1) is 11.9 Å². The fourth-order valence-electron chi connectivity index (χ4n) is 1.19. The van der Waals surface area contributed by atoms with E-state index < -0.39 is 30.6 Å². The minimum absolute atomic E-state index is 0.235. The molecule has 0 aromatic heterocycles. The second-order valence-corrected chi connectivity index (χ2v) is 3.36. The summed E-state index contributed by atoms with van der Waals surface area (Å²) in [5.41, 5.74) is 0. The molecule has 0 bridgehead atoms. The van der Waals surface area contributed by atoms with Gasteiger partial charge in [-0.1, -0.05) is 0 Å². The zero-order valence-electron chi connectivity index (χ0n) is 8.48. The minimum Gasteiger partial charge on any atom is -0.388 e. The molecule has 16 heavy (non-hydrogen) atoms. The van der Waals surface area contributed by atoms with Crippen molar-refractivity contribution in [1.29, 1.82) is 0 Å². The number of hydrogen-bond donors (Lipinski definition) is 4. The summed E-state index contributed by atoms with van der Waals surface area (Å²) < 4.78 is 4.88. The molecule has 0 aromatic rings. The van der Waals surface area contributed by atoms with Crippen molar-refractivity contribution in [2.45, 2.75) is 24.5 Å². The molecule has 0 aliphatic carbocycles. The Labute approximate surface area is 90.6 Å². The Balaban J connectivity index is 2.55. The molecule has 2 amide bonds. The Morgan fingerprint density at radius 3 is 2.62 bits per heavy atom. The van der Waals surface area contributed by atoms with Gasteiger partial charge in [0, 0.05) is 7.05 Å². The van der Waals surface area contributed by atoms with Crippen LogP contribution >= 0.6 is 0 Å². The third-order valence-corrected chi connectivity index (χ3v) is 2.18. The van der Waals surface area contributed by atoms with Gasteiger partial charge in [-0.25, -0.2) is 4.79 Å². The average molecular weight is 235 g/mol. The average Bonchev–Trinajstić information content (AvgIpc) is 2.28. The Morgan fingerprint density at radius 1 is 1.44 bits per heavy atom. The van der Waals surface area contributed by atoms with Crippen LogP contribution in [0.3, 0.4) is 0 Å². The van der Waals surface area contributed by atoms with Crippen LogP contribution in [-0.4, -0.2) is 64.6 Å². The van der Waals surface area contributed by atoms with Crippen LogP contribution in [0, 0.1) is 4.91 Å². The van der Waals surface area contributed by atoms with Crippen molar-refractivity contribution in [1.82, 2.24) is 10.3 Å². The number of ether oxygens (including phenoxy) is 1. The molecule has 9 heteroatoms. The summed E-state index contributed by atoms with van der Waals surface area (Å²) in [7, 11) is 1.11. The van der Waals surface area contributed by atoms with Gasteiger partial charge in [0.1, 0.15) is 18.3 Å². The van der Waals surface area contributed by atoms with Gasteiger partial charge < -0.3 is 25.4 Å². The number of carbonyl (C=O) groups is 1. The maximum absolute atomic E-state index is 11.2. The Morgan fingerprint density at radius 2 is 2.06 bits per heavy atom. The largest absolute Gasteiger partial charge is 0.388 e. The molecule has 0 aromatic carbocycles. The molecule has 4 atom stereocenters. The van der Waals surface area contributed by atoms with Gasteiger partial charge in [0.25, 0.3) is 0 Å². The molecular weight excluding hydrogens is 222 g/mol. The van der Waals surface area contributed by atoms with Gasteiger partial charge in [-0.05, 0) is 0 Å². The highest BCUT2D eigenvalue weighted by molar-refractivity contribution is 5.73. The summed E-state index contributed by atoms with van der Waals surface area (Å²) in [6.45, 7) is -0.235. The van der Waals surface area contributed by atoms with Crippen molar-refractivity contribution in [2.24, 2.45) is 5.29 Å². The van der Waals surface area contributed by atoms with Crippen LogP contribution in [-0.2, 0) is 4.74 Å². The van der Waals surface area contributed by atoms with E-state index in [2.05, 4.69) is 10.6 Å². The van der Waals surface area contributed by atoms with E-state index in [0.29, 0.717) is 5.01 Å². The number of rotatable bonds is 2. The number of nitrogens with zero attached hydrogens (tertiary/aromatic N) is 2. The number of nitrogens with one attached hydrogen (secondary N) is 1. The van der Waals surface area contributed by atoms with Crippen molar-refractivity contribution in [2.75, 3.05) is 13.7 Å². The van der Waals surface area contributed by atoms with Crippen molar-refractivity contribution in [3.05, 3.63) is 4.91 Å². The zero-order chi connectivity index (χ0) is 12.3. The fraction of sp³-hybridized carbons (Fsp3) is 0.857. The third-order valence-electron chi connectivity index (χ3n) is 2.18. The molecule has 0 unspecified atom stereocenters. The first-order valence-electron chi connectivity index (χ1n) is 4.50. The van der Waals surface area contributed by atoms with Gasteiger partial charge in [-0.15, -0.1) is 4.91 Å². The van der Waals surface area contributed by atoms with E-state index in [4.69, 9.17) is 9.84 Å². The molecule has 0 spiro atoms. The van der Waals surface area contributed by atoms with Gasteiger partial charge in [-0.3, -0.25) is 0 Å². The Kier molecular flexibility index (Phi) is 4.12. The number of urea groups is 1. The summed E-state index contributed by atoms with van der Waals surface area (Å²) in [6, 6.07) is -0.886. The first kappa shape index (κ1) is 12.8. The van der Waals surface area contributed by atoms with Crippen LogP contribution in [0.15, 0.2) is 5.29 Å². The van der Waals surface area contributed by atoms with Gasteiger partial charge >= 0.3 is 6.03 Å². The summed E-state index contributed by atoms with van der Waals surface area (Å²) in [5.74, 6) is 0. The number of aliphatic hydroxyl groups excluding tert-OH is 3. The third kappa shape index (κ3) is 2.64. The van der Waals surface area contributed by atoms with Gasteiger partial charge in [0.15, 0.2) is 6.23 Å². The highest BCUT2D eigenvalue weighted by Crippen LogP contribution is 2.13. The molecule has 1 aliphatic heterocycles. The molecule has 1 saturated heterocycles. The SMILES string of the molecule is CN(N=O)C(=O)N[C@@H]1OC[C@@H](O)[C@H](O)[C@H]1O. The molecule has 0 radical (unpaired) electrons. The predicted molar refractivity (Wildman–Crippen MR) is 49.9 cm³/mol. The molecule has 4 N–H and O–H groups in total. The summed E-state index contributed by atoms with van der Waals surface area (Å²) >= 11 is 0. The number of aliphatic hydroxyl groups is 3. The van der Waals surface area contributed by atoms with Crippen molar-refractivity contribution in [3.8, 4) is 0 Å². The van der Waals surface area contributed by atoms with E-state index in [0.717, 1.165) is 7.05 Å². The lowest BCUT2D eigenvalue weighted by Crippen LogP contribution is -2.59. The highest BCUT2D eigenvalue weighted by atomic mass is 16.5. The maximum atomic E-state index is 11.2. The molecular formula is C7H13N3O6. The first-order valence-corrected chi connectivity index (χ1v) is 4.50. The number of amides is 2. The molecule has 1 rings (SSSR count). The fourth-order valence-corrected chi connectivity index (χ4v) is 1.19. The van der Waals surface area contributed by atoms with Crippen molar-refractivity contribution >= 4 is 6.03 Å². The maximum Gasteiger partial charge on any atom is 0.342 e. The molecule has 0 saturated carbocycles. The lowest BCUT2D eigenvalue weighted by Gasteiger charge is -2.35. The summed E-state index contributed by atoms with van der Waals surface area (Å²) in [5, 5.41) is 32.8. The van der Waals surface area contributed by atoms with Crippen LogP contribution in [0.5, 0.6) is 0 Å². The summed E-state index contributed by atoms with van der Waals surface area (Å²) in [4.78, 5) is 21.2. The van der Waals surface area contributed by atoms with E-state index in [9.17, 15) is 19.9 Å². The predicted octanol–water partition coefficient (Wildman–Crippen LogP) is -2.25. The second-order valence-electron chi connectivity index (χ2n) is 3.36. The Hall–Kier alpha value is -1.29. The van der Waals surface area contributed by atoms with Gasteiger partial charge in [-0.2, -0.15) is 5.01 Å². The van der Waals surface area contributed by atoms with Crippen LogP contribution in [0.4, 0.5) is 4.79 Å². The van der Waals surface area contributed by atoms with E-state index in [1.54, 1.807) is 0 Å². The lowest BCUT2D eigenvalue weighted by atomic mass is 10.0. The van der Waals surface area contributed by atoms with E-state index >= 15 is 0 Å². The van der Waals surface area contributed by atoms with Gasteiger partial charge in [0.2, 0.25) is 0 Å². The number of carbonyl (C=O) groups excluding carboxylic acids is 1. The summed E-state index contributed by atoms with van der Waals surface area (Å²) in [6.07, 6.45) is -5.32. The number of nitroso groups, excluding NO2 is 1. The standard InChI is InChI=1S/C7H13N3O6/c1-10(9-15)7(14)8-6-5(13)4(12)3(11)2-16-6/h3-6,11-13H,2H2,1H3,(H,8,14)/t3-,4+,5-,6-/m1/s1. The molecule has 1 heterocycles. The van der Waals surface area contributed by atoms with Crippen LogP contribution in [0.25, 0.3) is 0 Å². The molecule has 1 aliphatic rings. The Bertz CT molecular complexity index is 275. The lowest BCUT2D eigenvalue weighted by molar-refractivity contribution is -0.192. The number of hydrogen-bond acceptors (Lipinski definition) is 7. The minimum atomic E-state index is -1.48.